The van der Waals surface area contributed by atoms with Crippen molar-refractivity contribution < 1.29 is 18.7 Å². The number of nitrogens with two attached hydrogens (primary N) is 1. The second-order valence-electron chi connectivity index (χ2n) is 2.95. The van der Waals surface area contributed by atoms with Gasteiger partial charge in [-0.25, -0.2) is 8.78 Å². The summed E-state index contributed by atoms with van der Waals surface area (Å²) in [5.74, 6) is -2.90. The number of benzene rings is 1. The number of allylic oxidation sites excluding steroid dienone is 1. The minimum atomic E-state index is -1.45. The van der Waals surface area contributed by atoms with Gasteiger partial charge in [-0.2, -0.15) is 0 Å². The lowest BCUT2D eigenvalue weighted by molar-refractivity contribution is -0.297. The molecule has 0 heterocycles. The number of carboxylic acids is 1. The Bertz CT molecular complexity index is 416. The molecule has 1 aromatic rings. The fraction of sp³-hybridized carbons (Fsp3) is 0.100. The van der Waals surface area contributed by atoms with E-state index in [-0.39, 0.29) is 17.7 Å². The Morgan fingerprint density at radius 2 is 2.13 bits per heavy atom. The summed E-state index contributed by atoms with van der Waals surface area (Å²) in [4.78, 5) is 10.1. The average Bonchev–Trinajstić information content (AvgIpc) is 2.08. The van der Waals surface area contributed by atoms with E-state index >= 15 is 0 Å². The van der Waals surface area contributed by atoms with Gasteiger partial charge in [0.25, 0.3) is 0 Å². The minimum Gasteiger partial charge on any atom is -0.545 e. The van der Waals surface area contributed by atoms with Crippen molar-refractivity contribution in [3.63, 3.8) is 0 Å². The fourth-order valence-corrected chi connectivity index (χ4v) is 1.09. The van der Waals surface area contributed by atoms with Gasteiger partial charge in [-0.15, -0.1) is 0 Å². The van der Waals surface area contributed by atoms with Gasteiger partial charge >= 0.3 is 0 Å². The van der Waals surface area contributed by atoms with Crippen molar-refractivity contribution in [3.8, 4) is 0 Å². The number of aliphatic carboxylic acids is 1. The van der Waals surface area contributed by atoms with E-state index in [1.165, 1.54) is 6.07 Å². The monoisotopic (exact) mass is 212 g/mol. The van der Waals surface area contributed by atoms with Crippen LogP contribution < -0.4 is 10.8 Å². The highest BCUT2D eigenvalue weighted by molar-refractivity contribution is 5.78. The first-order valence-corrected chi connectivity index (χ1v) is 4.10. The number of hydrogen-bond donors (Lipinski definition) is 1. The zero-order valence-electron chi connectivity index (χ0n) is 7.67. The van der Waals surface area contributed by atoms with Crippen molar-refractivity contribution >= 4 is 5.97 Å². The Hall–Kier alpha value is -1.91. The highest BCUT2D eigenvalue weighted by atomic mass is 19.1. The number of hydrogen-bond acceptors (Lipinski definition) is 3. The molecule has 0 aliphatic heterocycles. The van der Waals surface area contributed by atoms with E-state index < -0.39 is 17.6 Å². The molecule has 0 spiro atoms. The molecular weight excluding hydrogens is 204 g/mol. The molecule has 1 aromatic carbocycles. The molecule has 0 unspecified atom stereocenters. The average molecular weight is 212 g/mol. The third-order valence-corrected chi connectivity index (χ3v) is 1.71. The van der Waals surface area contributed by atoms with Gasteiger partial charge in [0, 0.05) is 18.2 Å². The van der Waals surface area contributed by atoms with Gasteiger partial charge < -0.3 is 15.6 Å². The highest BCUT2D eigenvalue weighted by Gasteiger charge is 2.04. The molecule has 80 valence electrons. The summed E-state index contributed by atoms with van der Waals surface area (Å²) < 4.78 is 25.6. The molecule has 2 N–H and O–H groups in total. The second kappa shape index (κ2) is 4.54. The van der Waals surface area contributed by atoms with Crippen LogP contribution in [-0.2, 0) is 11.2 Å². The number of halogens is 2. The van der Waals surface area contributed by atoms with Crippen molar-refractivity contribution in [2.45, 2.75) is 6.42 Å². The Morgan fingerprint density at radius 1 is 1.47 bits per heavy atom. The Kier molecular flexibility index (Phi) is 3.38. The Balaban J connectivity index is 2.86. The van der Waals surface area contributed by atoms with E-state index in [2.05, 4.69) is 0 Å². The highest BCUT2D eigenvalue weighted by Crippen LogP contribution is 2.11. The molecular formula is C10H8F2NO2-. The van der Waals surface area contributed by atoms with Crippen LogP contribution in [0.15, 0.2) is 30.0 Å². The molecule has 3 nitrogen and oxygen atoms in total. The van der Waals surface area contributed by atoms with Crippen molar-refractivity contribution in [3.05, 3.63) is 47.2 Å². The van der Waals surface area contributed by atoms with Crippen LogP contribution in [0.5, 0.6) is 0 Å². The molecule has 5 heteroatoms. The molecule has 15 heavy (non-hydrogen) atoms. The molecule has 0 radical (unpaired) electrons. The van der Waals surface area contributed by atoms with E-state index in [0.717, 1.165) is 6.07 Å². The van der Waals surface area contributed by atoms with Gasteiger partial charge in [0.2, 0.25) is 0 Å². The smallest absolute Gasteiger partial charge is 0.129 e. The summed E-state index contributed by atoms with van der Waals surface area (Å²) in [7, 11) is 0. The maximum atomic E-state index is 13.1. The SMILES string of the molecule is N/C(=C\C(=O)[O-])Cc1ccc(F)cc1F. The largest absolute Gasteiger partial charge is 0.545 e. The maximum Gasteiger partial charge on any atom is 0.129 e. The Morgan fingerprint density at radius 3 is 2.67 bits per heavy atom. The Labute approximate surface area is 84.8 Å². The van der Waals surface area contributed by atoms with E-state index in [4.69, 9.17) is 5.73 Å². The molecule has 1 rings (SSSR count). The van der Waals surface area contributed by atoms with Crippen LogP contribution in [0.2, 0.25) is 0 Å². The zero-order valence-corrected chi connectivity index (χ0v) is 7.67. The molecule has 0 aliphatic carbocycles. The van der Waals surface area contributed by atoms with Gasteiger partial charge in [-0.1, -0.05) is 6.07 Å². The van der Waals surface area contributed by atoms with Crippen LogP contribution in [-0.4, -0.2) is 5.97 Å². The van der Waals surface area contributed by atoms with Gasteiger partial charge in [-0.05, 0) is 17.7 Å². The molecule has 0 saturated carbocycles. The number of carbonyl (C=O) groups is 1. The van der Waals surface area contributed by atoms with Crippen molar-refractivity contribution in [2.75, 3.05) is 0 Å². The third-order valence-electron chi connectivity index (χ3n) is 1.71. The van der Waals surface area contributed by atoms with Crippen LogP contribution in [0.3, 0.4) is 0 Å². The van der Waals surface area contributed by atoms with E-state index in [0.29, 0.717) is 12.1 Å². The normalized spacial score (nSPS) is 11.5. The van der Waals surface area contributed by atoms with E-state index in [1.807, 2.05) is 0 Å². The van der Waals surface area contributed by atoms with Crippen LogP contribution >= 0.6 is 0 Å². The van der Waals surface area contributed by atoms with Crippen LogP contribution in [0.1, 0.15) is 5.56 Å². The first-order chi connectivity index (χ1) is 6.99. The lowest BCUT2D eigenvalue weighted by Gasteiger charge is -2.04. The topological polar surface area (TPSA) is 66.2 Å². The van der Waals surface area contributed by atoms with Crippen molar-refractivity contribution in [1.82, 2.24) is 0 Å². The van der Waals surface area contributed by atoms with Gasteiger partial charge in [0.1, 0.15) is 11.6 Å². The van der Waals surface area contributed by atoms with Crippen LogP contribution in [0, 0.1) is 11.6 Å². The van der Waals surface area contributed by atoms with E-state index in [9.17, 15) is 18.7 Å². The lowest BCUT2D eigenvalue weighted by atomic mass is 10.1. The predicted molar refractivity (Wildman–Crippen MR) is 47.3 cm³/mol. The third kappa shape index (κ3) is 3.38. The van der Waals surface area contributed by atoms with Gasteiger partial charge in [0.05, 0.1) is 5.97 Å². The summed E-state index contributed by atoms with van der Waals surface area (Å²) in [5.41, 5.74) is 5.37. The second-order valence-corrected chi connectivity index (χ2v) is 2.95. The number of carboxylic acid groups (broad SMARTS) is 1. The lowest BCUT2D eigenvalue weighted by Crippen LogP contribution is -2.21. The number of carbonyl (C=O) groups excluding carboxylic acids is 1. The summed E-state index contributed by atoms with van der Waals surface area (Å²) in [6.07, 6.45) is 0.572. The molecule has 0 bridgehead atoms. The minimum absolute atomic E-state index is 0.0551. The molecule has 0 aromatic heterocycles. The summed E-state index contributed by atoms with van der Waals surface area (Å²) in [5, 5.41) is 10.1. The van der Waals surface area contributed by atoms with Crippen LogP contribution in [0.4, 0.5) is 8.78 Å². The molecule has 0 amide bonds. The van der Waals surface area contributed by atoms with Crippen molar-refractivity contribution in [1.29, 1.82) is 0 Å². The van der Waals surface area contributed by atoms with Gasteiger partial charge in [0.15, 0.2) is 0 Å². The first-order valence-electron chi connectivity index (χ1n) is 4.10. The van der Waals surface area contributed by atoms with Crippen molar-refractivity contribution in [2.24, 2.45) is 5.73 Å². The van der Waals surface area contributed by atoms with Gasteiger partial charge in [-0.3, -0.25) is 0 Å². The fourth-order valence-electron chi connectivity index (χ4n) is 1.09. The molecule has 0 atom stereocenters. The summed E-state index contributed by atoms with van der Waals surface area (Å²) in [6.45, 7) is 0. The quantitative estimate of drug-likeness (QED) is 0.722. The van der Waals surface area contributed by atoms with E-state index in [1.54, 1.807) is 0 Å². The summed E-state index contributed by atoms with van der Waals surface area (Å²) in [6, 6.07) is 2.99. The van der Waals surface area contributed by atoms with Crippen LogP contribution in [0.25, 0.3) is 0 Å². The molecule has 0 fully saturated rings. The standard InChI is InChI=1S/C10H9F2NO2/c11-7-2-1-6(9(12)4-7)3-8(13)5-10(14)15/h1-2,4-5H,3,13H2,(H,14,15)/p-1/b8-5-. The molecule has 0 saturated heterocycles. The molecule has 0 aliphatic rings. The summed E-state index contributed by atoms with van der Waals surface area (Å²) >= 11 is 0. The first kappa shape index (κ1) is 11.2. The predicted octanol–water partition coefficient (Wildman–Crippen LogP) is 0.0998. The zero-order chi connectivity index (χ0) is 11.4. The number of rotatable bonds is 3. The maximum absolute atomic E-state index is 13.1.